The van der Waals surface area contributed by atoms with Crippen LogP contribution in [0.5, 0.6) is 0 Å². The Hall–Kier alpha value is -3.06. The Balaban J connectivity index is 1.48. The summed E-state index contributed by atoms with van der Waals surface area (Å²) in [6.07, 6.45) is 0.860. The summed E-state index contributed by atoms with van der Waals surface area (Å²) in [4.78, 5) is 27.6. The average Bonchev–Trinajstić information content (AvgIpc) is 3.13. The smallest absolute Gasteiger partial charge is 0.224 e. The number of aromatic nitrogens is 1. The lowest BCUT2D eigenvalue weighted by molar-refractivity contribution is -0.120. The highest BCUT2D eigenvalue weighted by atomic mass is 32.1. The van der Waals surface area contributed by atoms with Gasteiger partial charge in [-0.15, -0.1) is 11.3 Å². The molecule has 0 saturated carbocycles. The Morgan fingerprint density at radius 1 is 1.07 bits per heavy atom. The van der Waals surface area contributed by atoms with Crippen molar-refractivity contribution in [3.05, 3.63) is 71.0 Å². The van der Waals surface area contributed by atoms with Crippen LogP contribution in [0.15, 0.2) is 53.9 Å². The van der Waals surface area contributed by atoms with Gasteiger partial charge >= 0.3 is 0 Å². The van der Waals surface area contributed by atoms with E-state index in [9.17, 15) is 14.0 Å². The molecule has 144 valence electrons. The molecule has 1 heterocycles. The molecule has 0 bridgehead atoms. The van der Waals surface area contributed by atoms with Crippen LogP contribution in [0.25, 0.3) is 10.6 Å². The monoisotopic (exact) mass is 397 g/mol. The predicted molar refractivity (Wildman–Crippen MR) is 109 cm³/mol. The second-order valence-electron chi connectivity index (χ2n) is 6.31. The summed E-state index contributed by atoms with van der Waals surface area (Å²) in [6, 6.07) is 13.4. The standard InChI is InChI=1S/C21H20FN3O2S/c1-14(26)24-18-8-4-16(5-9-18)21-25-19(13-28-21)10-11-23-20(27)12-15-2-6-17(22)7-3-15/h2-9,13H,10-12H2,1H3,(H,23,27)(H,24,26). The van der Waals surface area contributed by atoms with E-state index in [2.05, 4.69) is 15.6 Å². The van der Waals surface area contributed by atoms with E-state index in [1.807, 2.05) is 29.6 Å². The molecule has 28 heavy (non-hydrogen) atoms. The maximum absolute atomic E-state index is 12.9. The van der Waals surface area contributed by atoms with Gasteiger partial charge in [0.25, 0.3) is 0 Å². The number of hydrogen-bond acceptors (Lipinski definition) is 4. The Kier molecular flexibility index (Phi) is 6.49. The van der Waals surface area contributed by atoms with Crippen LogP contribution in [0.1, 0.15) is 18.2 Å². The van der Waals surface area contributed by atoms with Gasteiger partial charge in [-0.25, -0.2) is 9.37 Å². The lowest BCUT2D eigenvalue weighted by atomic mass is 10.1. The summed E-state index contributed by atoms with van der Waals surface area (Å²) in [5, 5.41) is 8.46. The molecule has 2 amide bonds. The zero-order chi connectivity index (χ0) is 19.9. The molecule has 3 aromatic rings. The van der Waals surface area contributed by atoms with Crippen LogP contribution in [-0.4, -0.2) is 23.3 Å². The van der Waals surface area contributed by atoms with Crippen molar-refractivity contribution < 1.29 is 14.0 Å². The number of nitrogens with zero attached hydrogens (tertiary/aromatic N) is 1. The zero-order valence-electron chi connectivity index (χ0n) is 15.4. The molecule has 0 aliphatic heterocycles. The number of rotatable bonds is 7. The zero-order valence-corrected chi connectivity index (χ0v) is 16.2. The highest BCUT2D eigenvalue weighted by molar-refractivity contribution is 7.13. The predicted octanol–water partition coefficient (Wildman–Crippen LogP) is 3.81. The SMILES string of the molecule is CC(=O)Nc1ccc(-c2nc(CCNC(=O)Cc3ccc(F)cc3)cs2)cc1. The normalized spacial score (nSPS) is 10.5. The molecular formula is C21H20FN3O2S. The van der Waals surface area contributed by atoms with E-state index in [0.29, 0.717) is 13.0 Å². The number of halogens is 1. The summed E-state index contributed by atoms with van der Waals surface area (Å²) in [5.74, 6) is -0.519. The second-order valence-corrected chi connectivity index (χ2v) is 7.16. The first-order valence-electron chi connectivity index (χ1n) is 8.83. The molecule has 0 spiro atoms. The summed E-state index contributed by atoms with van der Waals surface area (Å²) in [7, 11) is 0. The lowest BCUT2D eigenvalue weighted by Gasteiger charge is -2.04. The number of carbonyl (C=O) groups is 2. The van der Waals surface area contributed by atoms with E-state index in [1.54, 1.807) is 12.1 Å². The Morgan fingerprint density at radius 3 is 2.46 bits per heavy atom. The number of carbonyl (C=O) groups excluding carboxylic acids is 2. The first-order valence-corrected chi connectivity index (χ1v) is 9.71. The third kappa shape index (κ3) is 5.72. The van der Waals surface area contributed by atoms with Crippen LogP contribution < -0.4 is 10.6 Å². The van der Waals surface area contributed by atoms with Crippen LogP contribution >= 0.6 is 11.3 Å². The number of nitrogens with one attached hydrogen (secondary N) is 2. The lowest BCUT2D eigenvalue weighted by Crippen LogP contribution is -2.27. The fourth-order valence-electron chi connectivity index (χ4n) is 2.63. The van der Waals surface area contributed by atoms with Gasteiger partial charge in [-0.05, 0) is 42.0 Å². The molecule has 3 rings (SSSR count). The van der Waals surface area contributed by atoms with Crippen LogP contribution in [0.2, 0.25) is 0 Å². The number of benzene rings is 2. The fraction of sp³-hybridized carbons (Fsp3) is 0.190. The van der Waals surface area contributed by atoms with Crippen molar-refractivity contribution in [2.75, 3.05) is 11.9 Å². The van der Waals surface area contributed by atoms with Gasteiger partial charge in [0.2, 0.25) is 11.8 Å². The van der Waals surface area contributed by atoms with Gasteiger partial charge in [-0.3, -0.25) is 9.59 Å². The van der Waals surface area contributed by atoms with Crippen LogP contribution in [0, 0.1) is 5.82 Å². The summed E-state index contributed by atoms with van der Waals surface area (Å²) >= 11 is 1.54. The van der Waals surface area contributed by atoms with Crippen molar-refractivity contribution in [2.24, 2.45) is 0 Å². The highest BCUT2D eigenvalue weighted by Crippen LogP contribution is 2.25. The van der Waals surface area contributed by atoms with Gasteiger partial charge in [0.15, 0.2) is 0 Å². The number of hydrogen-bond donors (Lipinski definition) is 2. The van der Waals surface area contributed by atoms with Gasteiger partial charge in [-0.2, -0.15) is 0 Å². The number of amides is 2. The molecule has 1 aromatic heterocycles. The maximum atomic E-state index is 12.9. The van der Waals surface area contributed by atoms with Gasteiger partial charge in [0.1, 0.15) is 10.8 Å². The number of anilines is 1. The molecule has 2 N–H and O–H groups in total. The van der Waals surface area contributed by atoms with Crippen molar-refractivity contribution in [3.8, 4) is 10.6 Å². The molecule has 7 heteroatoms. The molecular weight excluding hydrogens is 377 g/mol. The first-order chi connectivity index (χ1) is 13.5. The van der Waals surface area contributed by atoms with E-state index < -0.39 is 0 Å². The molecule has 0 radical (unpaired) electrons. The van der Waals surface area contributed by atoms with Crippen molar-refractivity contribution >= 4 is 28.8 Å². The third-order valence-corrected chi connectivity index (χ3v) is 4.93. The molecule has 0 saturated heterocycles. The number of thiazole rings is 1. The molecule has 0 fully saturated rings. The average molecular weight is 397 g/mol. The molecule has 5 nitrogen and oxygen atoms in total. The molecule has 0 aliphatic carbocycles. The van der Waals surface area contributed by atoms with E-state index in [4.69, 9.17) is 0 Å². The fourth-order valence-corrected chi connectivity index (χ4v) is 3.49. The minimum Gasteiger partial charge on any atom is -0.355 e. The van der Waals surface area contributed by atoms with Crippen LogP contribution in [0.4, 0.5) is 10.1 Å². The van der Waals surface area contributed by atoms with Gasteiger partial charge in [0, 0.05) is 36.5 Å². The Labute approximate surface area is 166 Å². The third-order valence-electron chi connectivity index (χ3n) is 3.99. The van der Waals surface area contributed by atoms with Gasteiger partial charge < -0.3 is 10.6 Å². The minimum atomic E-state index is -0.312. The van der Waals surface area contributed by atoms with Crippen molar-refractivity contribution in [3.63, 3.8) is 0 Å². The van der Waals surface area contributed by atoms with Crippen molar-refractivity contribution in [1.82, 2.24) is 10.3 Å². The topological polar surface area (TPSA) is 71.1 Å². The van der Waals surface area contributed by atoms with E-state index in [-0.39, 0.29) is 24.1 Å². The van der Waals surface area contributed by atoms with E-state index in [1.165, 1.54) is 30.4 Å². The quantitative estimate of drug-likeness (QED) is 0.637. The summed E-state index contributed by atoms with van der Waals surface area (Å²) in [6.45, 7) is 1.96. The van der Waals surface area contributed by atoms with Gasteiger partial charge in [0.05, 0.1) is 12.1 Å². The van der Waals surface area contributed by atoms with Crippen molar-refractivity contribution in [1.29, 1.82) is 0 Å². The Morgan fingerprint density at radius 2 is 1.79 bits per heavy atom. The van der Waals surface area contributed by atoms with E-state index in [0.717, 1.165) is 27.5 Å². The second kappa shape index (κ2) is 9.23. The first kappa shape index (κ1) is 19.7. The molecule has 0 unspecified atom stereocenters. The van der Waals surface area contributed by atoms with Gasteiger partial charge in [-0.1, -0.05) is 12.1 Å². The van der Waals surface area contributed by atoms with E-state index >= 15 is 0 Å². The molecule has 0 atom stereocenters. The molecule has 2 aromatic carbocycles. The molecule has 0 aliphatic rings. The summed E-state index contributed by atoms with van der Waals surface area (Å²) < 4.78 is 12.9. The Bertz CT molecular complexity index is 953. The van der Waals surface area contributed by atoms with Crippen LogP contribution in [-0.2, 0) is 22.4 Å². The van der Waals surface area contributed by atoms with Crippen LogP contribution in [0.3, 0.4) is 0 Å². The summed E-state index contributed by atoms with van der Waals surface area (Å²) in [5.41, 5.74) is 3.41. The maximum Gasteiger partial charge on any atom is 0.224 e. The minimum absolute atomic E-state index is 0.101. The van der Waals surface area contributed by atoms with Crippen molar-refractivity contribution in [2.45, 2.75) is 19.8 Å². The largest absolute Gasteiger partial charge is 0.355 e. The highest BCUT2D eigenvalue weighted by Gasteiger charge is 2.07.